The molecule has 2 rings (SSSR count). The molecule has 1 amide bonds. The fraction of sp³-hybridized carbons (Fsp3) is 0.409. The molecule has 6 nitrogen and oxygen atoms in total. The highest BCUT2D eigenvalue weighted by Gasteiger charge is 2.21. The summed E-state index contributed by atoms with van der Waals surface area (Å²) in [5, 5.41) is 9.92. The normalized spacial score (nSPS) is 13.9. The lowest BCUT2D eigenvalue weighted by molar-refractivity contribution is -0.692. The summed E-state index contributed by atoms with van der Waals surface area (Å²) in [6.07, 6.45) is 1.11. The Kier molecular flexibility index (Phi) is 7.96. The van der Waals surface area contributed by atoms with Crippen molar-refractivity contribution in [3.8, 4) is 0 Å². The zero-order valence-electron chi connectivity index (χ0n) is 17.6. The van der Waals surface area contributed by atoms with Gasteiger partial charge in [0, 0.05) is 17.2 Å². The maximum atomic E-state index is 12.3. The molecule has 5 N–H and O–H groups in total. The smallest absolute Gasteiger partial charge is 0.279 e. The van der Waals surface area contributed by atoms with Gasteiger partial charge >= 0.3 is 0 Å². The molecule has 0 heterocycles. The van der Waals surface area contributed by atoms with E-state index < -0.39 is 10.0 Å². The highest BCUT2D eigenvalue weighted by atomic mass is 32.2. The molecular weight excluding hydrogens is 386 g/mol. The topological polar surface area (TPSA) is 106 Å². The van der Waals surface area contributed by atoms with Crippen LogP contribution >= 0.6 is 0 Å². The van der Waals surface area contributed by atoms with E-state index in [0.29, 0.717) is 17.5 Å². The van der Waals surface area contributed by atoms with Crippen LogP contribution in [0.4, 0.5) is 5.69 Å². The number of benzene rings is 2. The average Bonchev–Trinajstić information content (AvgIpc) is 2.67. The number of quaternary nitrogens is 1. The first-order valence-electron chi connectivity index (χ1n) is 9.97. The van der Waals surface area contributed by atoms with Crippen molar-refractivity contribution in [3.05, 3.63) is 59.7 Å². The summed E-state index contributed by atoms with van der Waals surface area (Å²) in [7, 11) is -3.74. The second-order valence-corrected chi connectivity index (χ2v) is 9.36. The summed E-state index contributed by atoms with van der Waals surface area (Å²) in [4.78, 5) is 12.4. The lowest BCUT2D eigenvalue weighted by Crippen LogP contribution is -2.88. The van der Waals surface area contributed by atoms with Crippen molar-refractivity contribution in [1.29, 1.82) is 0 Å². The molecule has 0 fully saturated rings. The first-order valence-corrected chi connectivity index (χ1v) is 11.5. The van der Waals surface area contributed by atoms with Gasteiger partial charge in [0.05, 0.1) is 4.90 Å². The number of hydrogen-bond donors (Lipinski definition) is 3. The fourth-order valence-corrected chi connectivity index (χ4v) is 3.77. The van der Waals surface area contributed by atoms with Crippen LogP contribution in [-0.2, 0) is 14.8 Å². The number of nitrogens with one attached hydrogen (secondary N) is 1. The zero-order valence-corrected chi connectivity index (χ0v) is 18.4. The van der Waals surface area contributed by atoms with E-state index in [-0.39, 0.29) is 23.4 Å². The van der Waals surface area contributed by atoms with Gasteiger partial charge in [-0.2, -0.15) is 0 Å². The lowest BCUT2D eigenvalue weighted by Gasteiger charge is -2.20. The van der Waals surface area contributed by atoms with Gasteiger partial charge in [0.1, 0.15) is 6.04 Å². The number of carbonyl (C=O) groups excluding carboxylic acids is 1. The van der Waals surface area contributed by atoms with E-state index in [1.165, 1.54) is 35.4 Å². The third kappa shape index (κ3) is 6.66. The fourth-order valence-electron chi connectivity index (χ4n) is 3.25. The first kappa shape index (κ1) is 23.1. The van der Waals surface area contributed by atoms with Crippen LogP contribution in [0.3, 0.4) is 0 Å². The molecule has 29 heavy (non-hydrogen) atoms. The van der Waals surface area contributed by atoms with Crippen LogP contribution in [0.2, 0.25) is 0 Å². The van der Waals surface area contributed by atoms with E-state index in [2.05, 4.69) is 57.3 Å². The molecule has 2 atom stereocenters. The molecule has 2 aromatic rings. The van der Waals surface area contributed by atoms with E-state index >= 15 is 0 Å². The van der Waals surface area contributed by atoms with Crippen LogP contribution in [0.5, 0.6) is 0 Å². The molecule has 0 saturated carbocycles. The Labute approximate surface area is 173 Å². The van der Waals surface area contributed by atoms with Crippen molar-refractivity contribution in [2.75, 3.05) is 11.9 Å². The van der Waals surface area contributed by atoms with Gasteiger partial charge in [-0.05, 0) is 42.2 Å². The number of carbonyl (C=O) groups is 1. The van der Waals surface area contributed by atoms with Gasteiger partial charge in [0.15, 0.2) is 6.54 Å². The van der Waals surface area contributed by atoms with Gasteiger partial charge in [-0.3, -0.25) is 4.79 Å². The Balaban J connectivity index is 1.98. The maximum Gasteiger partial charge on any atom is 0.279 e. The number of anilines is 1. The molecule has 0 unspecified atom stereocenters. The summed E-state index contributed by atoms with van der Waals surface area (Å²) in [6, 6.07) is 14.7. The minimum absolute atomic E-state index is 0.0165. The lowest BCUT2D eigenvalue weighted by atomic mass is 9.92. The van der Waals surface area contributed by atoms with Gasteiger partial charge < -0.3 is 10.6 Å². The average molecular weight is 419 g/mol. The molecule has 0 aliphatic carbocycles. The SMILES string of the molecule is CC[C@@H](C)c1ccc([C@@H]([NH2+]CC(=O)Nc2ccc(S(N)(=O)=O)cc2)C(C)C)cc1. The van der Waals surface area contributed by atoms with Crippen LogP contribution in [0, 0.1) is 5.92 Å². The van der Waals surface area contributed by atoms with Crippen molar-refractivity contribution in [1.82, 2.24) is 0 Å². The third-order valence-corrected chi connectivity index (χ3v) is 6.17. The molecule has 0 saturated heterocycles. The van der Waals surface area contributed by atoms with E-state index in [1.54, 1.807) is 0 Å². The molecule has 158 valence electrons. The highest BCUT2D eigenvalue weighted by molar-refractivity contribution is 7.89. The number of primary sulfonamides is 1. The maximum absolute atomic E-state index is 12.3. The molecule has 0 aromatic heterocycles. The summed E-state index contributed by atoms with van der Waals surface area (Å²) in [6.45, 7) is 8.97. The number of hydrogen-bond acceptors (Lipinski definition) is 3. The van der Waals surface area contributed by atoms with Crippen molar-refractivity contribution in [2.45, 2.75) is 51.0 Å². The highest BCUT2D eigenvalue weighted by Crippen LogP contribution is 2.23. The number of nitrogens with two attached hydrogens (primary N) is 2. The van der Waals surface area contributed by atoms with Gasteiger partial charge in [-0.15, -0.1) is 0 Å². The van der Waals surface area contributed by atoms with Crippen molar-refractivity contribution >= 4 is 21.6 Å². The Morgan fingerprint density at radius 2 is 1.55 bits per heavy atom. The van der Waals surface area contributed by atoms with E-state index in [1.807, 2.05) is 5.32 Å². The quantitative estimate of drug-likeness (QED) is 0.583. The number of amides is 1. The number of sulfonamides is 1. The second-order valence-electron chi connectivity index (χ2n) is 7.80. The van der Waals surface area contributed by atoms with Crippen LogP contribution < -0.4 is 15.8 Å². The first-order chi connectivity index (χ1) is 13.6. The van der Waals surface area contributed by atoms with Gasteiger partial charge in [0.2, 0.25) is 10.0 Å². The molecular formula is C22H32N3O3S+. The minimum atomic E-state index is -3.74. The molecule has 0 aliphatic heterocycles. The van der Waals surface area contributed by atoms with Gasteiger partial charge in [-0.1, -0.05) is 52.0 Å². The Morgan fingerprint density at radius 1 is 1.00 bits per heavy atom. The Hall–Kier alpha value is -2.22. The third-order valence-electron chi connectivity index (χ3n) is 5.24. The van der Waals surface area contributed by atoms with Crippen LogP contribution in [0.25, 0.3) is 0 Å². The molecule has 0 aliphatic rings. The van der Waals surface area contributed by atoms with Crippen LogP contribution in [0.1, 0.15) is 57.2 Å². The zero-order chi connectivity index (χ0) is 21.6. The minimum Gasteiger partial charge on any atom is -0.332 e. The summed E-state index contributed by atoms with van der Waals surface area (Å²) >= 11 is 0. The predicted octanol–water partition coefficient (Wildman–Crippen LogP) is 2.75. The Bertz CT molecular complexity index is 907. The molecule has 0 radical (unpaired) electrons. The predicted molar refractivity (Wildman–Crippen MR) is 116 cm³/mol. The van der Waals surface area contributed by atoms with Gasteiger partial charge in [-0.25, -0.2) is 13.6 Å². The van der Waals surface area contributed by atoms with E-state index in [9.17, 15) is 13.2 Å². The van der Waals surface area contributed by atoms with E-state index in [4.69, 9.17) is 5.14 Å². The monoisotopic (exact) mass is 418 g/mol. The van der Waals surface area contributed by atoms with Crippen molar-refractivity contribution in [2.24, 2.45) is 11.1 Å². The van der Waals surface area contributed by atoms with E-state index in [0.717, 1.165) is 6.42 Å². The molecule has 0 spiro atoms. The standard InChI is InChI=1S/C22H31N3O3S/c1-5-16(4)17-6-8-18(9-7-17)22(15(2)3)24-14-21(26)25-19-10-12-20(13-11-19)29(23,27)28/h6-13,15-16,22,24H,5,14H2,1-4H3,(H,25,26)(H2,23,27,28)/p+1/t16-,22+/m1/s1. The molecule has 7 heteroatoms. The summed E-state index contributed by atoms with van der Waals surface area (Å²) in [5.74, 6) is 0.762. The number of rotatable bonds is 9. The largest absolute Gasteiger partial charge is 0.332 e. The van der Waals surface area contributed by atoms with Crippen LogP contribution in [0.15, 0.2) is 53.4 Å². The summed E-state index contributed by atoms with van der Waals surface area (Å²) < 4.78 is 22.6. The summed E-state index contributed by atoms with van der Waals surface area (Å²) in [5.41, 5.74) is 3.08. The van der Waals surface area contributed by atoms with Crippen molar-refractivity contribution in [3.63, 3.8) is 0 Å². The van der Waals surface area contributed by atoms with Crippen molar-refractivity contribution < 1.29 is 18.5 Å². The second kappa shape index (κ2) is 10.0. The van der Waals surface area contributed by atoms with Crippen LogP contribution in [-0.4, -0.2) is 20.9 Å². The Morgan fingerprint density at radius 3 is 2.03 bits per heavy atom. The van der Waals surface area contributed by atoms with Gasteiger partial charge in [0.25, 0.3) is 5.91 Å². The molecule has 2 aromatic carbocycles. The molecule has 0 bridgehead atoms.